The van der Waals surface area contributed by atoms with Crippen LogP contribution in [0.1, 0.15) is 80.3 Å². The number of fused-ring (bicyclic) bond motifs is 1. The van der Waals surface area contributed by atoms with Crippen LogP contribution in [0.15, 0.2) is 37.1 Å². The van der Waals surface area contributed by atoms with Crippen molar-refractivity contribution in [1.29, 1.82) is 0 Å². The molecule has 13 atom stereocenters. The first-order valence-corrected chi connectivity index (χ1v) is 19.7. The summed E-state index contributed by atoms with van der Waals surface area (Å²) in [5.41, 5.74) is -5.41. The van der Waals surface area contributed by atoms with Crippen molar-refractivity contribution in [3.05, 3.63) is 42.7 Å². The highest BCUT2D eigenvalue weighted by atomic mass is 19.1. The van der Waals surface area contributed by atoms with Crippen LogP contribution in [0, 0.1) is 17.8 Å². The van der Waals surface area contributed by atoms with Gasteiger partial charge in [-0.2, -0.15) is 0 Å². The van der Waals surface area contributed by atoms with E-state index in [1.807, 2.05) is 37.1 Å². The molecule has 0 aromatic carbocycles. The Morgan fingerprint density at radius 1 is 1.14 bits per heavy atom. The van der Waals surface area contributed by atoms with Gasteiger partial charge < -0.3 is 34.1 Å². The quantitative estimate of drug-likeness (QED) is 0.177. The highest BCUT2D eigenvalue weighted by Crippen LogP contribution is 2.43. The summed E-state index contributed by atoms with van der Waals surface area (Å²) in [6.07, 6.45) is -2.24. The summed E-state index contributed by atoms with van der Waals surface area (Å²) < 4.78 is 47.3. The SMILES string of the molecule is C=CCN[C@H]1C[C@@H](C)O[C@@H](O[C@@H]2[C@H](C)C(=O)[C@](C)(F)C(=O)O[C@H](CC)[C@@]3(C)OC(=O)N(CCN(C)Cc4ccccn4)C3[C@@H](C)C(=O)[C@H](C)C[C@@]2(C)OC)[C@H]1O. The fraction of sp³-hybridized carbons (Fsp3) is 0.732. The Balaban J connectivity index is 1.75. The molecule has 3 fully saturated rings. The number of nitrogens with zero attached hydrogens (tertiary/aromatic N) is 3. The number of aliphatic hydroxyl groups excluding tert-OH is 1. The van der Waals surface area contributed by atoms with Crippen molar-refractivity contribution in [3.63, 3.8) is 0 Å². The number of Topliss-reactive ketones (excluding diaryl/α,β-unsaturated/α-hetero) is 2. The van der Waals surface area contributed by atoms with Gasteiger partial charge in [0, 0.05) is 63.3 Å². The van der Waals surface area contributed by atoms with Crippen molar-refractivity contribution in [2.45, 2.75) is 141 Å². The smallest absolute Gasteiger partial charge is 0.410 e. The number of alkyl halides is 1. The normalized spacial score (nSPS) is 38.8. The lowest BCUT2D eigenvalue weighted by molar-refractivity contribution is -0.290. The van der Waals surface area contributed by atoms with Gasteiger partial charge >= 0.3 is 12.1 Å². The number of methoxy groups -OCH3 is 1. The number of halogens is 1. The Hall–Kier alpha value is -3.34. The summed E-state index contributed by atoms with van der Waals surface area (Å²) in [7, 11) is 3.28. The number of aromatic nitrogens is 1. The number of likely N-dealkylation sites (N-methyl/N-ethyl adjacent to an activating group) is 1. The zero-order chi connectivity index (χ0) is 41.7. The van der Waals surface area contributed by atoms with Crippen LogP contribution in [0.4, 0.5) is 9.18 Å². The number of cyclic esters (lactones) is 1. The molecule has 14 nitrogen and oxygen atoms in total. The third kappa shape index (κ3) is 9.50. The minimum absolute atomic E-state index is 0.0127. The summed E-state index contributed by atoms with van der Waals surface area (Å²) in [5, 5.41) is 14.6. The summed E-state index contributed by atoms with van der Waals surface area (Å²) in [6, 6.07) is 4.21. The fourth-order valence-corrected chi connectivity index (χ4v) is 8.79. The van der Waals surface area contributed by atoms with E-state index in [4.69, 9.17) is 23.7 Å². The monoisotopic (exact) mass is 790 g/mol. The van der Waals surface area contributed by atoms with Crippen molar-refractivity contribution in [3.8, 4) is 0 Å². The van der Waals surface area contributed by atoms with Crippen LogP contribution >= 0.6 is 0 Å². The van der Waals surface area contributed by atoms with E-state index in [0.717, 1.165) is 12.6 Å². The minimum Gasteiger partial charge on any atom is -0.455 e. The van der Waals surface area contributed by atoms with Crippen LogP contribution in [0.5, 0.6) is 0 Å². The van der Waals surface area contributed by atoms with Gasteiger partial charge in [0.05, 0.1) is 29.5 Å². The van der Waals surface area contributed by atoms with E-state index in [9.17, 15) is 24.3 Å². The average molecular weight is 791 g/mol. The summed E-state index contributed by atoms with van der Waals surface area (Å²) in [4.78, 5) is 64.4. The van der Waals surface area contributed by atoms with Gasteiger partial charge in [-0.3, -0.25) is 24.4 Å². The maximum Gasteiger partial charge on any atom is 0.410 e. The number of amides is 1. The molecule has 2 N–H and O–H groups in total. The van der Waals surface area contributed by atoms with Gasteiger partial charge in [-0.05, 0) is 66.1 Å². The van der Waals surface area contributed by atoms with Gasteiger partial charge in [0.15, 0.2) is 17.7 Å². The van der Waals surface area contributed by atoms with Crippen LogP contribution in [0.2, 0.25) is 0 Å². The van der Waals surface area contributed by atoms with E-state index in [1.54, 1.807) is 46.9 Å². The van der Waals surface area contributed by atoms with Crippen molar-refractivity contribution in [2.75, 3.05) is 33.8 Å². The Labute approximate surface area is 330 Å². The number of ketones is 2. The summed E-state index contributed by atoms with van der Waals surface area (Å²) in [5.74, 6) is -5.85. The zero-order valence-corrected chi connectivity index (χ0v) is 34.7. The van der Waals surface area contributed by atoms with Crippen LogP contribution in [-0.2, 0) is 44.6 Å². The maximum absolute atomic E-state index is 16.9. The molecule has 0 aliphatic carbocycles. The molecule has 1 unspecified atom stereocenters. The molecular formula is C41H63FN4O10. The predicted molar refractivity (Wildman–Crippen MR) is 205 cm³/mol. The number of hydrogen-bond donors (Lipinski definition) is 2. The van der Waals surface area contributed by atoms with E-state index < -0.39 is 89.2 Å². The Bertz CT molecular complexity index is 1550. The highest BCUT2D eigenvalue weighted by Gasteiger charge is 2.61. The lowest BCUT2D eigenvalue weighted by atomic mass is 9.73. The third-order valence-electron chi connectivity index (χ3n) is 12.0. The summed E-state index contributed by atoms with van der Waals surface area (Å²) in [6.45, 7) is 17.6. The molecule has 3 saturated heterocycles. The van der Waals surface area contributed by atoms with E-state index in [-0.39, 0.29) is 31.3 Å². The Kier molecular flexibility index (Phi) is 15.0. The predicted octanol–water partition coefficient (Wildman–Crippen LogP) is 4.02. The fourth-order valence-electron chi connectivity index (χ4n) is 8.79. The molecule has 1 aromatic heterocycles. The topological polar surface area (TPSA) is 166 Å². The van der Waals surface area contributed by atoms with Gasteiger partial charge in [-0.15, -0.1) is 6.58 Å². The molecular weight excluding hydrogens is 727 g/mol. The Morgan fingerprint density at radius 2 is 1.84 bits per heavy atom. The molecule has 0 radical (unpaired) electrons. The van der Waals surface area contributed by atoms with Crippen LogP contribution in [-0.4, -0.2) is 137 Å². The van der Waals surface area contributed by atoms with Crippen molar-refractivity contribution in [2.24, 2.45) is 17.8 Å². The number of rotatable bonds is 12. The van der Waals surface area contributed by atoms with E-state index in [1.165, 1.54) is 18.9 Å². The molecule has 314 valence electrons. The summed E-state index contributed by atoms with van der Waals surface area (Å²) >= 11 is 0. The van der Waals surface area contributed by atoms with Gasteiger partial charge in [0.25, 0.3) is 5.67 Å². The standard InChI is InChI=1S/C41H63FN4O10/c1-12-17-44-29-21-25(4)53-36(32(29)48)55-35-27(6)34(49)40(8,42)37(50)54-30(13-2)41(9)33(26(5)31(47)24(3)22-39(35,7)52-11)46(38(51)56-41)20-19-45(10)23-28-16-14-15-18-43-28/h12,14-16,18,24-27,29-30,32-33,35-36,44,48H,1,13,17,19-23H2,2-11H3/t24-,25-,26+,27-,29+,30-,32+,33?,35-,36+,39-,40+,41-/m1/s1. The number of carbonyl (C=O) groups is 4. The number of esters is 1. The first kappa shape index (κ1) is 45.4. The largest absolute Gasteiger partial charge is 0.455 e. The molecule has 0 bridgehead atoms. The maximum atomic E-state index is 16.9. The first-order chi connectivity index (χ1) is 26.2. The third-order valence-corrected chi connectivity index (χ3v) is 12.0. The second-order valence-electron chi connectivity index (χ2n) is 16.4. The van der Waals surface area contributed by atoms with Gasteiger partial charge in [0.1, 0.15) is 18.0 Å². The molecule has 3 aliphatic rings. The second kappa shape index (κ2) is 18.5. The lowest BCUT2D eigenvalue weighted by Crippen LogP contribution is -2.62. The number of carbonyl (C=O) groups excluding carboxylic acids is 4. The van der Waals surface area contributed by atoms with Crippen molar-refractivity contribution in [1.82, 2.24) is 20.1 Å². The van der Waals surface area contributed by atoms with E-state index in [2.05, 4.69) is 16.9 Å². The minimum atomic E-state index is -3.18. The lowest BCUT2D eigenvalue weighted by Gasteiger charge is -2.46. The number of pyridine rings is 1. The number of aliphatic hydroxyl groups is 1. The second-order valence-corrected chi connectivity index (χ2v) is 16.4. The molecule has 0 spiro atoms. The molecule has 3 aliphatic heterocycles. The molecule has 1 amide bonds. The molecule has 1 aromatic rings. The van der Waals surface area contributed by atoms with Crippen LogP contribution in [0.3, 0.4) is 0 Å². The molecule has 15 heteroatoms. The van der Waals surface area contributed by atoms with Gasteiger partial charge in [-0.1, -0.05) is 39.8 Å². The van der Waals surface area contributed by atoms with E-state index in [0.29, 0.717) is 26.1 Å². The van der Waals surface area contributed by atoms with Gasteiger partial charge in [0.2, 0.25) is 0 Å². The van der Waals surface area contributed by atoms with E-state index >= 15 is 4.39 Å². The molecule has 56 heavy (non-hydrogen) atoms. The van der Waals surface area contributed by atoms with Crippen molar-refractivity contribution >= 4 is 23.6 Å². The van der Waals surface area contributed by atoms with Gasteiger partial charge in [-0.25, -0.2) is 14.0 Å². The Morgan fingerprint density at radius 3 is 2.45 bits per heavy atom. The van der Waals surface area contributed by atoms with Crippen LogP contribution in [0.25, 0.3) is 0 Å². The molecule has 0 saturated carbocycles. The number of nitrogens with one attached hydrogen (secondary N) is 1. The van der Waals surface area contributed by atoms with Crippen molar-refractivity contribution < 1.29 is 52.4 Å². The van der Waals surface area contributed by atoms with Crippen LogP contribution < -0.4 is 5.32 Å². The highest BCUT2D eigenvalue weighted by molar-refractivity contribution is 6.08. The number of ether oxygens (including phenoxy) is 5. The number of hydrogen-bond acceptors (Lipinski definition) is 13. The zero-order valence-electron chi connectivity index (χ0n) is 34.7. The average Bonchev–Trinajstić information content (AvgIpc) is 3.42. The first-order valence-electron chi connectivity index (χ1n) is 19.7. The molecule has 4 heterocycles. The molecule has 4 rings (SSSR count).